The molecule has 0 unspecified atom stereocenters. The molecule has 0 aliphatic heterocycles. The van der Waals surface area contributed by atoms with Crippen LogP contribution in [0.1, 0.15) is 64.5 Å². The van der Waals surface area contributed by atoms with Crippen molar-refractivity contribution in [3.8, 4) is 0 Å². The number of ether oxygens (including phenoxy) is 2. The molecule has 1 aliphatic rings. The summed E-state index contributed by atoms with van der Waals surface area (Å²) in [4.78, 5) is 51.9. The second kappa shape index (κ2) is 11.3. The Labute approximate surface area is 216 Å². The summed E-state index contributed by atoms with van der Waals surface area (Å²) in [5.41, 5.74) is -1.35. The maximum Gasteiger partial charge on any atom is 0.334 e. The minimum atomic E-state index is -1.82. The average molecular weight is 519 g/mol. The molecule has 3 rings (SSSR count). The molecule has 0 fully saturated rings. The summed E-state index contributed by atoms with van der Waals surface area (Å²) in [6.07, 6.45) is -0.689. The van der Waals surface area contributed by atoms with Crippen molar-refractivity contribution in [2.24, 2.45) is 0 Å². The van der Waals surface area contributed by atoms with Crippen LogP contribution in [0.4, 0.5) is 0 Å². The molecule has 1 heterocycles. The van der Waals surface area contributed by atoms with Crippen molar-refractivity contribution in [2.45, 2.75) is 72.3 Å². The fraction of sp³-hybridized carbons (Fsp3) is 0.462. The van der Waals surface area contributed by atoms with Crippen molar-refractivity contribution in [2.75, 3.05) is 6.61 Å². The average Bonchev–Trinajstić information content (AvgIpc) is 3.13. The fourth-order valence-corrected chi connectivity index (χ4v) is 4.31. The first-order chi connectivity index (χ1) is 16.4. The molecule has 1 aliphatic carbocycles. The molecule has 0 saturated carbocycles. The Bertz CT molecular complexity index is 1290. The van der Waals surface area contributed by atoms with Gasteiger partial charge in [0.15, 0.2) is 0 Å². The van der Waals surface area contributed by atoms with Gasteiger partial charge in [-0.3, -0.25) is 9.36 Å². The number of allylic oxidation sites excluding steroid dienone is 1. The van der Waals surface area contributed by atoms with E-state index >= 15 is 0 Å². The Morgan fingerprint density at radius 1 is 1.14 bits per heavy atom. The lowest BCUT2D eigenvalue weighted by molar-refractivity contribution is -0.146. The standard InChI is InChI=1S/C26H32N2O7.H2S/c1-7-34-23(30)18-13-19-21(16(18)4)22(29)28(26(5,6)24(31)32)25(33)27(19)14-20(35-15(2)3)17-11-9-8-10-12-17;/h8-12,15,20H,7,13-14H2,1-6H3,(H,31,32);1H2/t20-;/m1./s1. The van der Waals surface area contributed by atoms with Gasteiger partial charge < -0.3 is 14.6 Å². The van der Waals surface area contributed by atoms with Crippen molar-refractivity contribution >= 4 is 31.0 Å². The maximum atomic E-state index is 13.7. The molecule has 2 aromatic rings. The first-order valence-electron chi connectivity index (χ1n) is 11.6. The Hall–Kier alpha value is -3.11. The summed E-state index contributed by atoms with van der Waals surface area (Å²) >= 11 is 0. The minimum Gasteiger partial charge on any atom is -0.480 e. The smallest absolute Gasteiger partial charge is 0.334 e. The van der Waals surface area contributed by atoms with E-state index in [9.17, 15) is 24.3 Å². The van der Waals surface area contributed by atoms with Crippen molar-refractivity contribution < 1.29 is 24.2 Å². The number of fused-ring (bicyclic) bond motifs is 1. The lowest BCUT2D eigenvalue weighted by Gasteiger charge is -2.27. The molecular weight excluding hydrogens is 484 g/mol. The zero-order valence-electron chi connectivity index (χ0n) is 21.5. The van der Waals surface area contributed by atoms with E-state index in [1.165, 1.54) is 18.4 Å². The van der Waals surface area contributed by atoms with Gasteiger partial charge in [0.25, 0.3) is 5.56 Å². The van der Waals surface area contributed by atoms with Gasteiger partial charge in [0.2, 0.25) is 0 Å². The number of benzene rings is 1. The fourth-order valence-electron chi connectivity index (χ4n) is 4.31. The molecule has 0 spiro atoms. The third-order valence-corrected chi connectivity index (χ3v) is 6.19. The summed E-state index contributed by atoms with van der Waals surface area (Å²) in [7, 11) is 0. The summed E-state index contributed by atoms with van der Waals surface area (Å²) in [5.74, 6) is -1.90. The van der Waals surface area contributed by atoms with Crippen LogP contribution in [0.5, 0.6) is 0 Å². The van der Waals surface area contributed by atoms with Crippen molar-refractivity contribution in [1.82, 2.24) is 9.13 Å². The Morgan fingerprint density at radius 3 is 2.28 bits per heavy atom. The Morgan fingerprint density at radius 2 is 1.75 bits per heavy atom. The number of hydrogen-bond donors (Lipinski definition) is 1. The van der Waals surface area contributed by atoms with Crippen LogP contribution in [-0.4, -0.2) is 38.9 Å². The topological polar surface area (TPSA) is 117 Å². The van der Waals surface area contributed by atoms with Crippen LogP contribution in [0.3, 0.4) is 0 Å². The SMILES string of the molecule is CCOC(=O)C1=C(C)c2c(n(C[C@@H](OC(C)C)c3ccccc3)c(=O)n(C(C)(C)C(=O)O)c2=O)C1.S. The van der Waals surface area contributed by atoms with E-state index in [-0.39, 0.29) is 50.3 Å². The number of nitrogens with zero attached hydrogens (tertiary/aromatic N) is 2. The maximum absolute atomic E-state index is 13.7. The molecule has 1 N–H and O–H groups in total. The van der Waals surface area contributed by atoms with E-state index in [0.717, 1.165) is 10.1 Å². The van der Waals surface area contributed by atoms with Crippen LogP contribution in [0.2, 0.25) is 0 Å². The zero-order chi connectivity index (χ0) is 26.1. The highest BCUT2D eigenvalue weighted by atomic mass is 32.1. The zero-order valence-corrected chi connectivity index (χ0v) is 22.5. The molecule has 0 saturated heterocycles. The van der Waals surface area contributed by atoms with E-state index in [4.69, 9.17) is 9.47 Å². The van der Waals surface area contributed by atoms with E-state index in [2.05, 4.69) is 0 Å². The highest BCUT2D eigenvalue weighted by Crippen LogP contribution is 2.32. The van der Waals surface area contributed by atoms with E-state index in [1.807, 2.05) is 44.2 Å². The van der Waals surface area contributed by atoms with Gasteiger partial charge in [-0.15, -0.1) is 0 Å². The summed E-state index contributed by atoms with van der Waals surface area (Å²) in [6, 6.07) is 9.34. The van der Waals surface area contributed by atoms with Gasteiger partial charge in [-0.25, -0.2) is 19.0 Å². The van der Waals surface area contributed by atoms with Crippen LogP contribution in [-0.2, 0) is 37.6 Å². The van der Waals surface area contributed by atoms with Gasteiger partial charge >= 0.3 is 17.6 Å². The molecular formula is C26H34N2O7S. The van der Waals surface area contributed by atoms with Crippen molar-refractivity contribution in [1.29, 1.82) is 0 Å². The summed E-state index contributed by atoms with van der Waals surface area (Å²) in [5, 5.41) is 9.82. The number of carboxylic acids is 1. The number of carbonyl (C=O) groups excluding carboxylic acids is 1. The van der Waals surface area contributed by atoms with Crippen molar-refractivity contribution in [3.05, 3.63) is 73.6 Å². The van der Waals surface area contributed by atoms with Gasteiger partial charge in [0.1, 0.15) is 11.6 Å². The molecule has 1 aromatic carbocycles. The number of carboxylic acid groups (broad SMARTS) is 1. The quantitative estimate of drug-likeness (QED) is 0.507. The van der Waals surface area contributed by atoms with E-state index in [0.29, 0.717) is 11.3 Å². The van der Waals surface area contributed by atoms with E-state index < -0.39 is 34.8 Å². The summed E-state index contributed by atoms with van der Waals surface area (Å²) < 4.78 is 13.4. The van der Waals surface area contributed by atoms with Crippen LogP contribution in [0.15, 0.2) is 45.5 Å². The summed E-state index contributed by atoms with van der Waals surface area (Å²) in [6.45, 7) is 9.84. The highest BCUT2D eigenvalue weighted by molar-refractivity contribution is 7.59. The van der Waals surface area contributed by atoms with Crippen LogP contribution in [0.25, 0.3) is 5.57 Å². The predicted molar refractivity (Wildman–Crippen MR) is 141 cm³/mol. The monoisotopic (exact) mass is 518 g/mol. The van der Waals surface area contributed by atoms with E-state index in [1.54, 1.807) is 13.8 Å². The molecule has 0 radical (unpaired) electrons. The molecule has 1 aromatic heterocycles. The van der Waals surface area contributed by atoms with Crippen LogP contribution in [0, 0.1) is 0 Å². The second-order valence-electron chi connectivity index (χ2n) is 9.30. The molecule has 9 nitrogen and oxygen atoms in total. The third-order valence-electron chi connectivity index (χ3n) is 6.19. The number of hydrogen-bond acceptors (Lipinski definition) is 6. The number of esters is 1. The van der Waals surface area contributed by atoms with Crippen LogP contribution >= 0.6 is 13.5 Å². The first-order valence-corrected chi connectivity index (χ1v) is 11.6. The lowest BCUT2D eigenvalue weighted by atomic mass is 10.0. The van der Waals surface area contributed by atoms with Gasteiger partial charge in [-0.1, -0.05) is 30.3 Å². The molecule has 0 amide bonds. The second-order valence-corrected chi connectivity index (χ2v) is 9.30. The number of aromatic nitrogens is 2. The predicted octanol–water partition coefficient (Wildman–Crippen LogP) is 3.00. The Balaban J connectivity index is 0.00000456. The van der Waals surface area contributed by atoms with Gasteiger partial charge in [0.05, 0.1) is 24.8 Å². The highest BCUT2D eigenvalue weighted by Gasteiger charge is 2.39. The third kappa shape index (κ3) is 5.34. The van der Waals surface area contributed by atoms with Gasteiger partial charge in [-0.2, -0.15) is 13.5 Å². The number of carbonyl (C=O) groups is 2. The Kier molecular flexibility index (Phi) is 9.14. The normalized spacial score (nSPS) is 13.9. The number of aliphatic carboxylic acids is 1. The molecule has 10 heteroatoms. The molecule has 196 valence electrons. The lowest BCUT2D eigenvalue weighted by Crippen LogP contribution is -2.54. The van der Waals surface area contributed by atoms with Crippen molar-refractivity contribution in [3.63, 3.8) is 0 Å². The minimum absolute atomic E-state index is 0. The van der Waals surface area contributed by atoms with Crippen LogP contribution < -0.4 is 11.2 Å². The number of rotatable bonds is 9. The first kappa shape index (κ1) is 29.1. The van der Waals surface area contributed by atoms with Gasteiger partial charge in [0, 0.05) is 17.7 Å². The molecule has 36 heavy (non-hydrogen) atoms. The molecule has 1 atom stereocenters. The van der Waals surface area contributed by atoms with Gasteiger partial charge in [-0.05, 0) is 52.7 Å². The molecule has 0 bridgehead atoms. The largest absolute Gasteiger partial charge is 0.480 e.